The zero-order valence-electron chi connectivity index (χ0n) is 13.0. The number of piperidine rings is 1. The van der Waals surface area contributed by atoms with E-state index >= 15 is 0 Å². The second-order valence-electron chi connectivity index (χ2n) is 6.26. The first-order valence-corrected chi connectivity index (χ1v) is 8.20. The Hall–Kier alpha value is -2.33. The number of nitrogens with one attached hydrogen (secondary N) is 2. The van der Waals surface area contributed by atoms with Gasteiger partial charge in [0.15, 0.2) is 0 Å². The predicted octanol–water partition coefficient (Wildman–Crippen LogP) is 3.18. The van der Waals surface area contributed by atoms with E-state index in [4.69, 9.17) is 4.52 Å². The molecule has 0 radical (unpaired) electrons. The van der Waals surface area contributed by atoms with Crippen LogP contribution in [0.5, 0.6) is 0 Å². The van der Waals surface area contributed by atoms with Gasteiger partial charge in [-0.05, 0) is 42.3 Å². The van der Waals surface area contributed by atoms with E-state index in [-0.39, 0.29) is 5.56 Å². The van der Waals surface area contributed by atoms with Crippen LogP contribution in [-0.4, -0.2) is 18.2 Å². The van der Waals surface area contributed by atoms with Gasteiger partial charge in [-0.2, -0.15) is 5.16 Å². The lowest BCUT2D eigenvalue weighted by atomic mass is 9.91. The van der Waals surface area contributed by atoms with E-state index < -0.39 is 0 Å². The van der Waals surface area contributed by atoms with Gasteiger partial charge in [-0.15, -0.1) is 0 Å². The SMILES string of the molecule is O=c1[nH]oc(C2CCNCC2)c1Cc1ccc2ccccc2c1. The van der Waals surface area contributed by atoms with Gasteiger partial charge in [-0.25, -0.2) is 0 Å². The van der Waals surface area contributed by atoms with Gasteiger partial charge in [0.2, 0.25) is 0 Å². The number of hydrogen-bond acceptors (Lipinski definition) is 3. The number of rotatable bonds is 3. The zero-order valence-corrected chi connectivity index (χ0v) is 13.0. The van der Waals surface area contributed by atoms with Gasteiger partial charge in [0, 0.05) is 12.3 Å². The van der Waals surface area contributed by atoms with E-state index in [1.807, 2.05) is 12.1 Å². The third-order valence-electron chi connectivity index (χ3n) is 4.73. The molecule has 2 aromatic carbocycles. The fraction of sp³-hybridized carbons (Fsp3) is 0.316. The lowest BCUT2D eigenvalue weighted by Gasteiger charge is -2.21. The van der Waals surface area contributed by atoms with Gasteiger partial charge in [0.05, 0.1) is 5.56 Å². The van der Waals surface area contributed by atoms with E-state index in [1.165, 1.54) is 10.8 Å². The predicted molar refractivity (Wildman–Crippen MR) is 90.9 cm³/mol. The van der Waals surface area contributed by atoms with E-state index in [2.05, 4.69) is 40.8 Å². The van der Waals surface area contributed by atoms with Crippen molar-refractivity contribution in [2.45, 2.75) is 25.2 Å². The first-order chi connectivity index (χ1) is 11.3. The molecule has 118 valence electrons. The van der Waals surface area contributed by atoms with Crippen molar-refractivity contribution in [3.05, 3.63) is 69.7 Å². The maximum Gasteiger partial charge on any atom is 0.283 e. The molecule has 23 heavy (non-hydrogen) atoms. The molecule has 4 heteroatoms. The smallest absolute Gasteiger partial charge is 0.283 e. The maximum atomic E-state index is 12.2. The molecule has 2 heterocycles. The first-order valence-electron chi connectivity index (χ1n) is 8.20. The van der Waals surface area contributed by atoms with Crippen LogP contribution in [0, 0.1) is 0 Å². The summed E-state index contributed by atoms with van der Waals surface area (Å²) in [4.78, 5) is 12.2. The van der Waals surface area contributed by atoms with Gasteiger partial charge in [0.1, 0.15) is 5.76 Å². The molecule has 0 atom stereocenters. The highest BCUT2D eigenvalue weighted by atomic mass is 16.5. The molecule has 0 amide bonds. The summed E-state index contributed by atoms with van der Waals surface area (Å²) < 4.78 is 5.53. The lowest BCUT2D eigenvalue weighted by Crippen LogP contribution is -2.27. The molecule has 3 aromatic rings. The molecular formula is C19H20N2O2. The summed E-state index contributed by atoms with van der Waals surface area (Å²) in [5.41, 5.74) is 1.84. The molecule has 2 N–H and O–H groups in total. The summed E-state index contributed by atoms with van der Waals surface area (Å²) in [7, 11) is 0. The van der Waals surface area contributed by atoms with Gasteiger partial charge in [-0.3, -0.25) is 4.79 Å². The zero-order chi connectivity index (χ0) is 15.6. The molecule has 1 saturated heterocycles. The fourth-order valence-electron chi connectivity index (χ4n) is 3.47. The normalized spacial score (nSPS) is 16.0. The van der Waals surface area contributed by atoms with Crippen molar-refractivity contribution in [1.29, 1.82) is 0 Å². The fourth-order valence-corrected chi connectivity index (χ4v) is 3.47. The molecule has 1 aromatic heterocycles. The topological polar surface area (TPSA) is 58.0 Å². The Morgan fingerprint density at radius 1 is 1.04 bits per heavy atom. The second-order valence-corrected chi connectivity index (χ2v) is 6.26. The molecule has 1 aliphatic rings. The molecular weight excluding hydrogens is 288 g/mol. The van der Waals surface area contributed by atoms with Crippen LogP contribution >= 0.6 is 0 Å². The quantitative estimate of drug-likeness (QED) is 0.781. The van der Waals surface area contributed by atoms with Crippen LogP contribution in [0.2, 0.25) is 0 Å². The summed E-state index contributed by atoms with van der Waals surface area (Å²) in [5.74, 6) is 1.19. The standard InChI is InChI=1S/C19H20N2O2/c22-19-17(18(23-21-19)15-7-9-20-10-8-15)12-13-5-6-14-3-1-2-4-16(14)11-13/h1-6,11,15,20H,7-10,12H2,(H,21,22). The lowest BCUT2D eigenvalue weighted by molar-refractivity contribution is 0.324. The Kier molecular flexibility index (Phi) is 3.75. The van der Waals surface area contributed by atoms with Crippen LogP contribution in [0.25, 0.3) is 10.8 Å². The Balaban J connectivity index is 1.67. The highest BCUT2D eigenvalue weighted by Gasteiger charge is 2.24. The Labute approximate surface area is 134 Å². The largest absolute Gasteiger partial charge is 0.383 e. The summed E-state index contributed by atoms with van der Waals surface area (Å²) in [6, 6.07) is 14.7. The average Bonchev–Trinajstić information content (AvgIpc) is 2.96. The Morgan fingerprint density at radius 3 is 2.65 bits per heavy atom. The number of benzene rings is 2. The molecule has 4 rings (SSSR count). The Bertz CT molecular complexity index is 872. The minimum Gasteiger partial charge on any atom is -0.383 e. The van der Waals surface area contributed by atoms with E-state index in [9.17, 15) is 4.79 Å². The molecule has 0 spiro atoms. The highest BCUT2D eigenvalue weighted by molar-refractivity contribution is 5.83. The van der Waals surface area contributed by atoms with Crippen molar-refractivity contribution in [3.63, 3.8) is 0 Å². The highest BCUT2D eigenvalue weighted by Crippen LogP contribution is 2.28. The molecule has 0 aliphatic carbocycles. The van der Waals surface area contributed by atoms with Crippen molar-refractivity contribution in [2.75, 3.05) is 13.1 Å². The van der Waals surface area contributed by atoms with Gasteiger partial charge >= 0.3 is 0 Å². The third kappa shape index (κ3) is 2.82. The number of H-pyrrole nitrogens is 1. The van der Waals surface area contributed by atoms with Gasteiger partial charge in [0.25, 0.3) is 5.56 Å². The molecule has 0 saturated carbocycles. The van der Waals surface area contributed by atoms with E-state index in [0.29, 0.717) is 12.3 Å². The number of fused-ring (bicyclic) bond motifs is 1. The minimum absolute atomic E-state index is 0.0910. The molecule has 1 aliphatic heterocycles. The van der Waals surface area contributed by atoms with Crippen LogP contribution in [0.4, 0.5) is 0 Å². The van der Waals surface area contributed by atoms with Crippen molar-refractivity contribution in [2.24, 2.45) is 0 Å². The minimum atomic E-state index is -0.0910. The Morgan fingerprint density at radius 2 is 1.83 bits per heavy atom. The average molecular weight is 308 g/mol. The summed E-state index contributed by atoms with van der Waals surface area (Å²) in [6.07, 6.45) is 2.66. The maximum absolute atomic E-state index is 12.2. The van der Waals surface area contributed by atoms with Gasteiger partial charge < -0.3 is 9.84 Å². The first kappa shape index (κ1) is 14.3. The summed E-state index contributed by atoms with van der Waals surface area (Å²) >= 11 is 0. The van der Waals surface area contributed by atoms with E-state index in [1.54, 1.807) is 0 Å². The van der Waals surface area contributed by atoms with Gasteiger partial charge in [-0.1, -0.05) is 42.5 Å². The van der Waals surface area contributed by atoms with Crippen molar-refractivity contribution >= 4 is 10.8 Å². The van der Waals surface area contributed by atoms with Crippen LogP contribution in [0.3, 0.4) is 0 Å². The van der Waals surface area contributed by atoms with Crippen LogP contribution in [-0.2, 0) is 6.42 Å². The second kappa shape index (κ2) is 6.05. The molecule has 0 bridgehead atoms. The molecule has 0 unspecified atom stereocenters. The van der Waals surface area contributed by atoms with Crippen LogP contribution in [0.1, 0.15) is 35.6 Å². The van der Waals surface area contributed by atoms with Crippen molar-refractivity contribution in [1.82, 2.24) is 10.5 Å². The van der Waals surface area contributed by atoms with Crippen LogP contribution in [0.15, 0.2) is 51.8 Å². The molecule has 4 nitrogen and oxygen atoms in total. The monoisotopic (exact) mass is 308 g/mol. The number of aromatic nitrogens is 1. The third-order valence-corrected chi connectivity index (χ3v) is 4.73. The number of hydrogen-bond donors (Lipinski definition) is 2. The summed E-state index contributed by atoms with van der Waals surface area (Å²) in [5, 5.41) is 8.31. The molecule has 1 fully saturated rings. The van der Waals surface area contributed by atoms with E-state index in [0.717, 1.165) is 42.8 Å². The van der Waals surface area contributed by atoms with Crippen LogP contribution < -0.4 is 10.9 Å². The van der Waals surface area contributed by atoms with Crippen molar-refractivity contribution in [3.8, 4) is 0 Å². The van der Waals surface area contributed by atoms with Crippen molar-refractivity contribution < 1.29 is 4.52 Å². The summed E-state index contributed by atoms with van der Waals surface area (Å²) in [6.45, 7) is 1.96. The number of aromatic amines is 1.